The lowest BCUT2D eigenvalue weighted by Crippen LogP contribution is -2.30. The highest BCUT2D eigenvalue weighted by Gasteiger charge is 2.20. The molecule has 1 aromatic heterocycles. The second kappa shape index (κ2) is 6.37. The van der Waals surface area contributed by atoms with Gasteiger partial charge in [0, 0.05) is 10.7 Å². The lowest BCUT2D eigenvalue weighted by Gasteiger charge is -2.08. The molecule has 0 fully saturated rings. The number of aryl methyl sites for hydroxylation is 1. The van der Waals surface area contributed by atoms with Crippen molar-refractivity contribution in [2.24, 2.45) is 5.73 Å². The number of nitrogens with zero attached hydrogens (tertiary/aromatic N) is 2. The second-order valence-corrected chi connectivity index (χ2v) is 5.47. The molecule has 2 rings (SSSR count). The van der Waals surface area contributed by atoms with Crippen LogP contribution in [0.3, 0.4) is 0 Å². The van der Waals surface area contributed by atoms with Crippen molar-refractivity contribution in [1.82, 2.24) is 9.78 Å². The van der Waals surface area contributed by atoms with Crippen molar-refractivity contribution in [3.63, 3.8) is 0 Å². The van der Waals surface area contributed by atoms with Gasteiger partial charge in [0.15, 0.2) is 11.8 Å². The first-order chi connectivity index (χ1) is 10.3. The summed E-state index contributed by atoms with van der Waals surface area (Å²) in [6.07, 6.45) is -1.03. The number of nitrogens with two attached hydrogens (primary N) is 1. The topological polar surface area (TPSA) is 87.2 Å². The fraction of sp³-hybridized carbons (Fsp3) is 0.214. The third-order valence-electron chi connectivity index (χ3n) is 2.92. The summed E-state index contributed by atoms with van der Waals surface area (Å²) in [5.41, 5.74) is 6.35. The highest BCUT2D eigenvalue weighted by molar-refractivity contribution is 6.35. The van der Waals surface area contributed by atoms with E-state index in [1.54, 1.807) is 25.1 Å². The van der Waals surface area contributed by atoms with Crippen molar-refractivity contribution in [3.8, 4) is 5.69 Å². The van der Waals surface area contributed by atoms with E-state index in [0.29, 0.717) is 21.4 Å². The molecule has 0 unspecified atom stereocenters. The molecule has 0 aliphatic carbocycles. The minimum absolute atomic E-state index is 0.0524. The third-order valence-corrected chi connectivity index (χ3v) is 3.46. The minimum Gasteiger partial charge on any atom is -0.448 e. The lowest BCUT2D eigenvalue weighted by molar-refractivity contribution is -0.125. The maximum absolute atomic E-state index is 11.9. The molecule has 0 bridgehead atoms. The van der Waals surface area contributed by atoms with Gasteiger partial charge in [0.2, 0.25) is 0 Å². The second-order valence-electron chi connectivity index (χ2n) is 4.63. The Labute approximate surface area is 136 Å². The van der Waals surface area contributed by atoms with Crippen LogP contribution in [0.4, 0.5) is 0 Å². The molecule has 0 saturated heterocycles. The van der Waals surface area contributed by atoms with Gasteiger partial charge in [-0.15, -0.1) is 0 Å². The monoisotopic (exact) mass is 341 g/mol. The summed E-state index contributed by atoms with van der Waals surface area (Å²) in [5.74, 6) is -1.47. The zero-order chi connectivity index (χ0) is 16.4. The van der Waals surface area contributed by atoms with Gasteiger partial charge in [0.1, 0.15) is 0 Å². The molecule has 22 heavy (non-hydrogen) atoms. The van der Waals surface area contributed by atoms with Crippen LogP contribution in [0.25, 0.3) is 5.69 Å². The van der Waals surface area contributed by atoms with Crippen LogP contribution in [0.15, 0.2) is 24.3 Å². The van der Waals surface area contributed by atoms with Crippen LogP contribution in [-0.4, -0.2) is 27.8 Å². The molecule has 1 heterocycles. The molecule has 2 aromatic rings. The van der Waals surface area contributed by atoms with Crippen LogP contribution >= 0.6 is 23.2 Å². The predicted octanol–water partition coefficient (Wildman–Crippen LogP) is 2.52. The number of carbonyl (C=O) groups is 2. The van der Waals surface area contributed by atoms with E-state index < -0.39 is 18.0 Å². The number of hydrogen-bond acceptors (Lipinski definition) is 4. The summed E-state index contributed by atoms with van der Waals surface area (Å²) in [6, 6.07) is 6.45. The Bertz CT molecular complexity index is 743. The van der Waals surface area contributed by atoms with Crippen molar-refractivity contribution in [2.75, 3.05) is 0 Å². The molecular formula is C14H13Cl2N3O3. The van der Waals surface area contributed by atoms with Crippen molar-refractivity contribution in [3.05, 3.63) is 45.7 Å². The van der Waals surface area contributed by atoms with Gasteiger partial charge in [0.25, 0.3) is 5.91 Å². The van der Waals surface area contributed by atoms with Gasteiger partial charge in [0.05, 0.1) is 10.7 Å². The first-order valence-corrected chi connectivity index (χ1v) is 7.07. The molecule has 1 amide bonds. The molecule has 1 aromatic carbocycles. The lowest BCUT2D eigenvalue weighted by atomic mass is 10.3. The average molecular weight is 342 g/mol. The number of halogens is 2. The summed E-state index contributed by atoms with van der Waals surface area (Å²) in [7, 11) is 0. The Morgan fingerprint density at radius 1 is 1.32 bits per heavy atom. The molecule has 0 saturated carbocycles. The Kier molecular flexibility index (Phi) is 4.73. The maximum Gasteiger partial charge on any atom is 0.359 e. The molecular weight excluding hydrogens is 329 g/mol. The number of amides is 1. The number of aromatic nitrogens is 2. The van der Waals surface area contributed by atoms with Crippen molar-refractivity contribution < 1.29 is 14.3 Å². The van der Waals surface area contributed by atoms with Crippen molar-refractivity contribution in [1.29, 1.82) is 0 Å². The Morgan fingerprint density at radius 2 is 2.00 bits per heavy atom. The molecule has 1 atom stereocenters. The third kappa shape index (κ3) is 3.40. The number of carbonyl (C=O) groups excluding carboxylic acids is 2. The first kappa shape index (κ1) is 16.3. The molecule has 0 spiro atoms. The van der Waals surface area contributed by atoms with Gasteiger partial charge < -0.3 is 10.5 Å². The normalized spacial score (nSPS) is 12.0. The minimum atomic E-state index is -1.03. The van der Waals surface area contributed by atoms with Crippen LogP contribution in [0, 0.1) is 6.92 Å². The van der Waals surface area contributed by atoms with Crippen molar-refractivity contribution >= 4 is 35.1 Å². The van der Waals surface area contributed by atoms with Gasteiger partial charge in [-0.25, -0.2) is 9.48 Å². The number of esters is 1. The smallest absolute Gasteiger partial charge is 0.359 e. The standard InChI is InChI=1S/C14H13Cl2N3O3/c1-7-5-11(14(21)22-8(2)13(17)20)18-19(7)12-4-3-9(15)6-10(12)16/h3-6,8H,1-2H3,(H2,17,20)/t8-/m1/s1. The molecule has 8 heteroatoms. The van der Waals surface area contributed by atoms with Gasteiger partial charge in [-0.3, -0.25) is 4.79 Å². The zero-order valence-corrected chi connectivity index (χ0v) is 13.4. The van der Waals surface area contributed by atoms with Crippen LogP contribution in [0.1, 0.15) is 23.1 Å². The quantitative estimate of drug-likeness (QED) is 0.865. The highest BCUT2D eigenvalue weighted by Crippen LogP contribution is 2.25. The first-order valence-electron chi connectivity index (χ1n) is 6.32. The molecule has 116 valence electrons. The summed E-state index contributed by atoms with van der Waals surface area (Å²) in [5, 5.41) is 5.03. The fourth-order valence-corrected chi connectivity index (χ4v) is 2.24. The van der Waals surface area contributed by atoms with E-state index in [-0.39, 0.29) is 5.69 Å². The molecule has 0 radical (unpaired) electrons. The average Bonchev–Trinajstić information content (AvgIpc) is 2.80. The van der Waals surface area contributed by atoms with Crippen molar-refractivity contribution in [2.45, 2.75) is 20.0 Å². The van der Waals surface area contributed by atoms with E-state index in [0.717, 1.165) is 0 Å². The molecule has 6 nitrogen and oxygen atoms in total. The van der Waals surface area contributed by atoms with Gasteiger partial charge in [-0.2, -0.15) is 5.10 Å². The largest absolute Gasteiger partial charge is 0.448 e. The number of benzene rings is 1. The summed E-state index contributed by atoms with van der Waals surface area (Å²) in [6.45, 7) is 3.15. The van der Waals surface area contributed by atoms with E-state index in [2.05, 4.69) is 5.10 Å². The maximum atomic E-state index is 11.9. The Hall–Kier alpha value is -2.05. The van der Waals surface area contributed by atoms with Gasteiger partial charge in [-0.05, 0) is 38.1 Å². The van der Waals surface area contributed by atoms with E-state index >= 15 is 0 Å². The zero-order valence-electron chi connectivity index (χ0n) is 11.8. The van der Waals surface area contributed by atoms with Crippen LogP contribution in [-0.2, 0) is 9.53 Å². The Morgan fingerprint density at radius 3 is 2.59 bits per heavy atom. The van der Waals surface area contributed by atoms with Crippen LogP contribution in [0.5, 0.6) is 0 Å². The highest BCUT2D eigenvalue weighted by atomic mass is 35.5. The molecule has 0 aliphatic heterocycles. The summed E-state index contributed by atoms with van der Waals surface area (Å²) >= 11 is 12.0. The van der Waals surface area contributed by atoms with E-state index in [1.807, 2.05) is 0 Å². The number of primary amides is 1. The number of hydrogen-bond donors (Lipinski definition) is 1. The molecule has 2 N–H and O–H groups in total. The Balaban J connectivity index is 2.32. The number of rotatable bonds is 4. The van der Waals surface area contributed by atoms with Gasteiger partial charge >= 0.3 is 5.97 Å². The number of ether oxygens (including phenoxy) is 1. The van der Waals surface area contributed by atoms with E-state index in [4.69, 9.17) is 33.7 Å². The summed E-state index contributed by atoms with van der Waals surface area (Å²) < 4.78 is 6.40. The van der Waals surface area contributed by atoms with Crippen LogP contribution < -0.4 is 5.73 Å². The van der Waals surface area contributed by atoms with Gasteiger partial charge in [-0.1, -0.05) is 23.2 Å². The summed E-state index contributed by atoms with van der Waals surface area (Å²) in [4.78, 5) is 22.9. The SMILES string of the molecule is Cc1cc(C(=O)O[C@H](C)C(N)=O)nn1-c1ccc(Cl)cc1Cl. The molecule has 0 aliphatic rings. The van der Waals surface area contributed by atoms with E-state index in [1.165, 1.54) is 17.7 Å². The van der Waals surface area contributed by atoms with Crippen LogP contribution in [0.2, 0.25) is 10.0 Å². The van der Waals surface area contributed by atoms with E-state index in [9.17, 15) is 9.59 Å². The predicted molar refractivity (Wildman–Crippen MR) is 82.4 cm³/mol. The fourth-order valence-electron chi connectivity index (χ4n) is 1.75.